The van der Waals surface area contributed by atoms with Crippen molar-refractivity contribution in [3.05, 3.63) is 0 Å². The van der Waals surface area contributed by atoms with Crippen molar-refractivity contribution in [1.82, 2.24) is 0 Å². The molecule has 2 rings (SSSR count). The van der Waals surface area contributed by atoms with Crippen LogP contribution in [-0.4, -0.2) is 5.78 Å². The van der Waals surface area contributed by atoms with Crippen LogP contribution in [0.3, 0.4) is 0 Å². The van der Waals surface area contributed by atoms with Gasteiger partial charge in [0.1, 0.15) is 5.41 Å². The number of rotatable bonds is 1. The van der Waals surface area contributed by atoms with Gasteiger partial charge in [0.2, 0.25) is 0 Å². The van der Waals surface area contributed by atoms with Crippen LogP contribution in [-0.2, 0) is 4.79 Å². The summed E-state index contributed by atoms with van der Waals surface area (Å²) in [7, 11) is 0. The largest absolute Gasteiger partial charge is 0.298 e. The molecule has 0 amide bonds. The van der Waals surface area contributed by atoms with Gasteiger partial charge in [-0.2, -0.15) is 5.26 Å². The molecular weight excluding hydrogens is 186 g/mol. The molecule has 0 heterocycles. The lowest BCUT2D eigenvalue weighted by atomic mass is 9.62. The van der Waals surface area contributed by atoms with E-state index in [-0.39, 0.29) is 5.78 Å². The van der Waals surface area contributed by atoms with Crippen molar-refractivity contribution < 1.29 is 4.79 Å². The number of hydrogen-bond acceptors (Lipinski definition) is 2. The first-order valence-electron chi connectivity index (χ1n) is 6.24. The molecule has 2 heteroatoms. The average molecular weight is 205 g/mol. The summed E-state index contributed by atoms with van der Waals surface area (Å²) in [5.41, 5.74) is -0.585. The van der Waals surface area contributed by atoms with Gasteiger partial charge in [-0.1, -0.05) is 25.7 Å². The Labute approximate surface area is 91.7 Å². The molecule has 82 valence electrons. The minimum atomic E-state index is -0.585. The SMILES string of the molecule is N#CC1(C2CCCCC2)CCCCC1=O. The summed E-state index contributed by atoms with van der Waals surface area (Å²) < 4.78 is 0. The Morgan fingerprint density at radius 2 is 1.87 bits per heavy atom. The number of nitriles is 1. The highest BCUT2D eigenvalue weighted by Gasteiger charge is 2.46. The summed E-state index contributed by atoms with van der Waals surface area (Å²) in [5, 5.41) is 9.39. The van der Waals surface area contributed by atoms with Gasteiger partial charge in [-0.3, -0.25) is 4.79 Å². The topological polar surface area (TPSA) is 40.9 Å². The lowest BCUT2D eigenvalue weighted by Crippen LogP contribution is -2.40. The zero-order chi connectivity index (χ0) is 10.7. The monoisotopic (exact) mass is 205 g/mol. The number of hydrogen-bond donors (Lipinski definition) is 0. The Morgan fingerprint density at radius 3 is 2.47 bits per heavy atom. The summed E-state index contributed by atoms with van der Waals surface area (Å²) in [6.45, 7) is 0. The lowest BCUT2D eigenvalue weighted by molar-refractivity contribution is -0.131. The van der Waals surface area contributed by atoms with Gasteiger partial charge < -0.3 is 0 Å². The van der Waals surface area contributed by atoms with E-state index in [2.05, 4.69) is 6.07 Å². The average Bonchev–Trinajstić information content (AvgIpc) is 2.31. The third kappa shape index (κ3) is 1.80. The molecule has 2 fully saturated rings. The smallest absolute Gasteiger partial charge is 0.153 e. The van der Waals surface area contributed by atoms with E-state index in [1.54, 1.807) is 0 Å². The van der Waals surface area contributed by atoms with Gasteiger partial charge >= 0.3 is 0 Å². The Hall–Kier alpha value is -0.840. The second kappa shape index (κ2) is 4.35. The molecule has 0 aromatic carbocycles. The summed E-state index contributed by atoms with van der Waals surface area (Å²) >= 11 is 0. The van der Waals surface area contributed by atoms with Gasteiger partial charge in [-0.05, 0) is 31.6 Å². The van der Waals surface area contributed by atoms with E-state index in [1.807, 2.05) is 0 Å². The van der Waals surface area contributed by atoms with E-state index in [0.717, 1.165) is 32.1 Å². The van der Waals surface area contributed by atoms with Gasteiger partial charge in [0, 0.05) is 6.42 Å². The standard InChI is InChI=1S/C13H19NO/c14-10-13(9-5-4-8-12(13)15)11-6-2-1-3-7-11/h11H,1-9H2. The van der Waals surface area contributed by atoms with E-state index in [9.17, 15) is 10.1 Å². The van der Waals surface area contributed by atoms with E-state index in [4.69, 9.17) is 0 Å². The number of ketones is 1. The Morgan fingerprint density at radius 1 is 1.13 bits per heavy atom. The van der Waals surface area contributed by atoms with Crippen molar-refractivity contribution in [3.63, 3.8) is 0 Å². The zero-order valence-electron chi connectivity index (χ0n) is 9.30. The first-order valence-corrected chi connectivity index (χ1v) is 6.24. The van der Waals surface area contributed by atoms with Crippen LogP contribution in [0.2, 0.25) is 0 Å². The highest BCUT2D eigenvalue weighted by Crippen LogP contribution is 2.45. The van der Waals surface area contributed by atoms with Crippen LogP contribution in [0.25, 0.3) is 0 Å². The highest BCUT2D eigenvalue weighted by molar-refractivity contribution is 5.88. The van der Waals surface area contributed by atoms with Gasteiger partial charge in [0.15, 0.2) is 5.78 Å². The molecule has 1 atom stereocenters. The van der Waals surface area contributed by atoms with Crippen molar-refractivity contribution in [2.75, 3.05) is 0 Å². The predicted molar refractivity (Wildman–Crippen MR) is 58.1 cm³/mol. The molecule has 2 saturated carbocycles. The normalized spacial score (nSPS) is 33.7. The maximum Gasteiger partial charge on any atom is 0.153 e. The Bertz CT molecular complexity index is 285. The van der Waals surface area contributed by atoms with Crippen molar-refractivity contribution in [2.24, 2.45) is 11.3 Å². The zero-order valence-corrected chi connectivity index (χ0v) is 9.30. The molecule has 0 bridgehead atoms. The summed E-state index contributed by atoms with van der Waals surface area (Å²) in [6.07, 6.45) is 9.43. The third-order valence-corrected chi connectivity index (χ3v) is 4.22. The first-order chi connectivity index (χ1) is 7.29. The highest BCUT2D eigenvalue weighted by atomic mass is 16.1. The third-order valence-electron chi connectivity index (χ3n) is 4.22. The fourth-order valence-electron chi connectivity index (χ4n) is 3.29. The number of Topliss-reactive ketones (excluding diaryl/α,β-unsaturated/α-hetero) is 1. The number of carbonyl (C=O) groups excluding carboxylic acids is 1. The molecule has 15 heavy (non-hydrogen) atoms. The van der Waals surface area contributed by atoms with E-state index < -0.39 is 5.41 Å². The van der Waals surface area contributed by atoms with Crippen LogP contribution >= 0.6 is 0 Å². The quantitative estimate of drug-likeness (QED) is 0.659. The molecule has 0 aliphatic heterocycles. The van der Waals surface area contributed by atoms with Gasteiger partial charge in [0.25, 0.3) is 0 Å². The number of nitrogens with zero attached hydrogens (tertiary/aromatic N) is 1. The molecule has 2 aliphatic carbocycles. The van der Waals surface area contributed by atoms with Crippen LogP contribution in [0, 0.1) is 22.7 Å². The Balaban J connectivity index is 2.19. The molecule has 2 aliphatic rings. The van der Waals surface area contributed by atoms with Gasteiger partial charge in [0.05, 0.1) is 6.07 Å². The van der Waals surface area contributed by atoms with Crippen molar-refractivity contribution in [2.45, 2.75) is 57.8 Å². The van der Waals surface area contributed by atoms with Crippen LogP contribution < -0.4 is 0 Å². The van der Waals surface area contributed by atoms with Crippen LogP contribution in [0.15, 0.2) is 0 Å². The van der Waals surface area contributed by atoms with Gasteiger partial charge in [-0.15, -0.1) is 0 Å². The van der Waals surface area contributed by atoms with Crippen LogP contribution in [0.5, 0.6) is 0 Å². The van der Waals surface area contributed by atoms with E-state index in [0.29, 0.717) is 12.3 Å². The fraction of sp³-hybridized carbons (Fsp3) is 0.846. The molecule has 2 nitrogen and oxygen atoms in total. The molecule has 1 unspecified atom stereocenters. The maximum atomic E-state index is 12.0. The first kappa shape index (κ1) is 10.7. The second-order valence-corrected chi connectivity index (χ2v) is 5.05. The minimum Gasteiger partial charge on any atom is -0.298 e. The fourth-order valence-corrected chi connectivity index (χ4v) is 3.29. The van der Waals surface area contributed by atoms with Crippen molar-refractivity contribution >= 4 is 5.78 Å². The molecule has 0 radical (unpaired) electrons. The second-order valence-electron chi connectivity index (χ2n) is 5.05. The van der Waals surface area contributed by atoms with E-state index >= 15 is 0 Å². The molecule has 0 spiro atoms. The van der Waals surface area contributed by atoms with E-state index in [1.165, 1.54) is 19.3 Å². The van der Waals surface area contributed by atoms with Crippen molar-refractivity contribution in [1.29, 1.82) is 5.26 Å². The molecule has 0 saturated heterocycles. The van der Waals surface area contributed by atoms with Gasteiger partial charge in [-0.25, -0.2) is 0 Å². The Kier molecular flexibility index (Phi) is 3.09. The van der Waals surface area contributed by atoms with Crippen LogP contribution in [0.1, 0.15) is 57.8 Å². The summed E-state index contributed by atoms with van der Waals surface area (Å²) in [5.74, 6) is 0.604. The molecule has 0 aromatic heterocycles. The summed E-state index contributed by atoms with van der Waals surface area (Å²) in [6, 6.07) is 2.39. The lowest BCUT2D eigenvalue weighted by Gasteiger charge is -2.38. The molecule has 0 aromatic rings. The maximum absolute atomic E-state index is 12.0. The van der Waals surface area contributed by atoms with Crippen LogP contribution in [0.4, 0.5) is 0 Å². The number of carbonyl (C=O) groups is 1. The molecule has 0 N–H and O–H groups in total. The predicted octanol–water partition coefficient (Wildman–Crippen LogP) is 3.22. The molecular formula is C13H19NO. The minimum absolute atomic E-state index is 0.239. The van der Waals surface area contributed by atoms with Crippen molar-refractivity contribution in [3.8, 4) is 6.07 Å². The summed E-state index contributed by atoms with van der Waals surface area (Å²) in [4.78, 5) is 12.0.